The average Bonchev–Trinajstić information content (AvgIpc) is 3.40. The molecule has 7 nitrogen and oxygen atoms in total. The lowest BCUT2D eigenvalue weighted by molar-refractivity contribution is -0.130. The summed E-state index contributed by atoms with van der Waals surface area (Å²) in [5.41, 5.74) is 0.933. The van der Waals surface area contributed by atoms with Gasteiger partial charge >= 0.3 is 0 Å². The van der Waals surface area contributed by atoms with Gasteiger partial charge in [-0.1, -0.05) is 6.07 Å². The van der Waals surface area contributed by atoms with Gasteiger partial charge in [0.1, 0.15) is 11.9 Å². The van der Waals surface area contributed by atoms with E-state index in [1.807, 2.05) is 11.0 Å². The molecule has 1 fully saturated rings. The third-order valence-electron chi connectivity index (χ3n) is 4.71. The van der Waals surface area contributed by atoms with E-state index in [0.29, 0.717) is 42.3 Å². The Morgan fingerprint density at radius 2 is 2.07 bits per heavy atom. The molecule has 1 amide bonds. The van der Waals surface area contributed by atoms with Crippen molar-refractivity contribution in [1.29, 1.82) is 5.26 Å². The summed E-state index contributed by atoms with van der Waals surface area (Å²) in [6, 6.07) is 10.0. The number of halogens is 2. The van der Waals surface area contributed by atoms with E-state index >= 15 is 0 Å². The van der Waals surface area contributed by atoms with Gasteiger partial charge in [-0.15, -0.1) is 0 Å². The number of hydrogen-bond acceptors (Lipinski definition) is 6. The van der Waals surface area contributed by atoms with Crippen molar-refractivity contribution in [2.75, 3.05) is 31.1 Å². The molecule has 148 valence electrons. The van der Waals surface area contributed by atoms with Crippen molar-refractivity contribution < 1.29 is 18.0 Å². The lowest BCUT2D eigenvalue weighted by Crippen LogP contribution is -2.49. The van der Waals surface area contributed by atoms with E-state index in [-0.39, 0.29) is 29.7 Å². The van der Waals surface area contributed by atoms with Gasteiger partial charge < -0.3 is 18.6 Å². The predicted molar refractivity (Wildman–Crippen MR) is 106 cm³/mol. The van der Waals surface area contributed by atoms with Crippen LogP contribution in [0, 0.1) is 17.1 Å². The van der Waals surface area contributed by atoms with Gasteiger partial charge in [0, 0.05) is 26.2 Å². The Balaban J connectivity index is 1.41. The molecule has 0 unspecified atom stereocenters. The van der Waals surface area contributed by atoms with Crippen LogP contribution in [0.2, 0.25) is 0 Å². The maximum atomic E-state index is 13.4. The number of amides is 1. The van der Waals surface area contributed by atoms with E-state index in [4.69, 9.17) is 8.83 Å². The molecule has 3 heterocycles. The molecule has 4 rings (SSSR count). The van der Waals surface area contributed by atoms with Crippen LogP contribution in [0.4, 0.5) is 10.3 Å². The molecular formula is C20H16BrFN4O3. The van der Waals surface area contributed by atoms with E-state index in [1.165, 1.54) is 12.3 Å². The van der Waals surface area contributed by atoms with Gasteiger partial charge in [0.25, 0.3) is 5.89 Å². The van der Waals surface area contributed by atoms with Crippen molar-refractivity contribution in [2.24, 2.45) is 0 Å². The quantitative estimate of drug-likeness (QED) is 0.593. The second kappa shape index (κ2) is 8.09. The molecule has 9 heteroatoms. The van der Waals surface area contributed by atoms with Crippen LogP contribution in [0.15, 0.2) is 49.9 Å². The van der Waals surface area contributed by atoms with Crippen LogP contribution in [0.5, 0.6) is 0 Å². The van der Waals surface area contributed by atoms with Gasteiger partial charge in [-0.3, -0.25) is 4.79 Å². The topological polar surface area (TPSA) is 86.5 Å². The highest BCUT2D eigenvalue weighted by atomic mass is 79.9. The number of anilines is 1. The number of piperazine rings is 1. The van der Waals surface area contributed by atoms with Crippen LogP contribution in [0.25, 0.3) is 11.7 Å². The Labute approximate surface area is 174 Å². The van der Waals surface area contributed by atoms with Gasteiger partial charge in [0.2, 0.25) is 17.5 Å². The highest BCUT2D eigenvalue weighted by Crippen LogP contribution is 2.29. The molecule has 1 aliphatic rings. The third-order valence-corrected chi connectivity index (χ3v) is 5.31. The zero-order valence-corrected chi connectivity index (χ0v) is 16.9. The minimum atomic E-state index is -0.357. The van der Waals surface area contributed by atoms with Crippen LogP contribution in [-0.2, 0) is 11.2 Å². The predicted octanol–water partition coefficient (Wildman–Crippen LogP) is 3.60. The fraction of sp³-hybridized carbons (Fsp3) is 0.250. The second-order valence-corrected chi connectivity index (χ2v) is 7.41. The minimum absolute atomic E-state index is 0.0301. The van der Waals surface area contributed by atoms with Gasteiger partial charge in [0.15, 0.2) is 5.76 Å². The Bertz CT molecular complexity index is 1070. The number of oxazole rings is 1. The number of furan rings is 1. The molecule has 0 N–H and O–H groups in total. The highest BCUT2D eigenvalue weighted by Gasteiger charge is 2.27. The molecule has 0 atom stereocenters. The first-order valence-electron chi connectivity index (χ1n) is 8.96. The van der Waals surface area contributed by atoms with E-state index < -0.39 is 0 Å². The van der Waals surface area contributed by atoms with Crippen molar-refractivity contribution in [3.8, 4) is 17.7 Å². The molecule has 1 saturated heterocycles. The molecule has 0 aliphatic carbocycles. The Hall–Kier alpha value is -3.12. The van der Waals surface area contributed by atoms with Gasteiger partial charge in [0.05, 0.1) is 17.2 Å². The van der Waals surface area contributed by atoms with Crippen LogP contribution in [0.3, 0.4) is 0 Å². The zero-order valence-electron chi connectivity index (χ0n) is 15.3. The normalized spacial score (nSPS) is 14.1. The van der Waals surface area contributed by atoms with Crippen molar-refractivity contribution in [1.82, 2.24) is 9.88 Å². The summed E-state index contributed by atoms with van der Waals surface area (Å²) in [5, 5.41) is 9.38. The van der Waals surface area contributed by atoms with Crippen LogP contribution < -0.4 is 4.90 Å². The molecule has 1 aromatic carbocycles. The summed E-state index contributed by atoms with van der Waals surface area (Å²) in [5.74, 6) is 0.698. The molecular weight excluding hydrogens is 443 g/mol. The number of aromatic nitrogens is 1. The van der Waals surface area contributed by atoms with Crippen LogP contribution in [0.1, 0.15) is 11.3 Å². The number of carbonyl (C=O) groups excluding carboxylic acids is 1. The van der Waals surface area contributed by atoms with E-state index in [2.05, 4.69) is 20.9 Å². The van der Waals surface area contributed by atoms with Crippen molar-refractivity contribution in [3.63, 3.8) is 0 Å². The monoisotopic (exact) mass is 458 g/mol. The van der Waals surface area contributed by atoms with Gasteiger partial charge in [-0.2, -0.15) is 10.2 Å². The van der Waals surface area contributed by atoms with E-state index in [1.54, 1.807) is 29.2 Å². The SMILES string of the molecule is N#Cc1nc(-c2ccco2)oc1N1CCN(C(=O)Cc2ccc(F)c(Br)c2)CC1. The Kier molecular flexibility index (Phi) is 5.36. The summed E-state index contributed by atoms with van der Waals surface area (Å²) < 4.78 is 24.7. The summed E-state index contributed by atoms with van der Waals surface area (Å²) in [4.78, 5) is 20.4. The number of hydrogen-bond donors (Lipinski definition) is 0. The molecule has 3 aromatic rings. The van der Waals surface area contributed by atoms with E-state index in [9.17, 15) is 14.4 Å². The number of nitriles is 1. The first-order valence-corrected chi connectivity index (χ1v) is 9.76. The Morgan fingerprint density at radius 3 is 2.72 bits per heavy atom. The number of carbonyl (C=O) groups is 1. The zero-order chi connectivity index (χ0) is 20.4. The average molecular weight is 459 g/mol. The summed E-state index contributed by atoms with van der Waals surface area (Å²) in [6.45, 7) is 2.01. The molecule has 0 radical (unpaired) electrons. The lowest BCUT2D eigenvalue weighted by Gasteiger charge is -2.34. The summed E-state index contributed by atoms with van der Waals surface area (Å²) in [6.07, 6.45) is 1.71. The molecule has 29 heavy (non-hydrogen) atoms. The first kappa shape index (κ1) is 19.2. The minimum Gasteiger partial charge on any atom is -0.459 e. The van der Waals surface area contributed by atoms with Gasteiger partial charge in [-0.25, -0.2) is 4.39 Å². The highest BCUT2D eigenvalue weighted by molar-refractivity contribution is 9.10. The largest absolute Gasteiger partial charge is 0.459 e. The van der Waals surface area contributed by atoms with Gasteiger partial charge in [-0.05, 0) is 45.8 Å². The summed E-state index contributed by atoms with van der Waals surface area (Å²) >= 11 is 3.14. The summed E-state index contributed by atoms with van der Waals surface area (Å²) in [7, 11) is 0. The molecule has 1 aliphatic heterocycles. The number of benzene rings is 1. The van der Waals surface area contributed by atoms with Crippen molar-refractivity contribution in [3.05, 3.63) is 58.1 Å². The first-order chi connectivity index (χ1) is 14.0. The fourth-order valence-corrected chi connectivity index (χ4v) is 3.63. The Morgan fingerprint density at radius 1 is 1.28 bits per heavy atom. The maximum Gasteiger partial charge on any atom is 0.266 e. The second-order valence-electron chi connectivity index (χ2n) is 6.55. The molecule has 0 bridgehead atoms. The van der Waals surface area contributed by atoms with Crippen molar-refractivity contribution >= 4 is 27.7 Å². The number of nitrogens with zero attached hydrogens (tertiary/aromatic N) is 4. The van der Waals surface area contributed by atoms with E-state index in [0.717, 1.165) is 5.56 Å². The van der Waals surface area contributed by atoms with Crippen LogP contribution in [-0.4, -0.2) is 42.0 Å². The standard InChI is InChI=1S/C20H16BrFN4O3/c21-14-10-13(3-4-15(14)22)11-18(27)25-5-7-26(8-6-25)20-16(12-23)24-19(29-20)17-2-1-9-28-17/h1-4,9-10H,5-8,11H2. The molecule has 2 aromatic heterocycles. The number of rotatable bonds is 4. The lowest BCUT2D eigenvalue weighted by atomic mass is 10.1. The fourth-order valence-electron chi connectivity index (χ4n) is 3.20. The molecule has 0 saturated carbocycles. The molecule has 0 spiro atoms. The smallest absolute Gasteiger partial charge is 0.266 e. The van der Waals surface area contributed by atoms with Crippen molar-refractivity contribution in [2.45, 2.75) is 6.42 Å². The van der Waals surface area contributed by atoms with Crippen LogP contribution >= 0.6 is 15.9 Å². The third kappa shape index (κ3) is 4.03. The maximum absolute atomic E-state index is 13.4.